The van der Waals surface area contributed by atoms with E-state index in [0.717, 1.165) is 31.2 Å². The summed E-state index contributed by atoms with van der Waals surface area (Å²) in [6.45, 7) is 5.99. The lowest BCUT2D eigenvalue weighted by Crippen LogP contribution is -2.30. The van der Waals surface area contributed by atoms with Crippen LogP contribution in [0.2, 0.25) is 0 Å². The summed E-state index contributed by atoms with van der Waals surface area (Å²) in [5, 5.41) is 11.2. The predicted octanol–water partition coefficient (Wildman–Crippen LogP) is 2.03. The average molecular weight is 262 g/mol. The molecular weight excluding hydrogens is 240 g/mol. The van der Waals surface area contributed by atoms with E-state index in [1.54, 1.807) is 11.0 Å². The standard InChI is InChI=1S/C14H22N4O/c1-4-7-15-13-6-5-12(16-17-13)14(19)18(3)9-11-8-10(11)2/h5-6,10-11H,4,7-9H2,1-3H3,(H,15,17). The summed E-state index contributed by atoms with van der Waals surface area (Å²) in [6.07, 6.45) is 2.26. The number of nitrogens with zero attached hydrogens (tertiary/aromatic N) is 3. The molecule has 2 rings (SSSR count). The first-order valence-electron chi connectivity index (χ1n) is 6.95. The Morgan fingerprint density at radius 3 is 2.74 bits per heavy atom. The number of rotatable bonds is 6. The summed E-state index contributed by atoms with van der Waals surface area (Å²) < 4.78 is 0. The molecule has 1 N–H and O–H groups in total. The van der Waals surface area contributed by atoms with Crippen molar-refractivity contribution in [3.8, 4) is 0 Å². The normalized spacial score (nSPS) is 21.0. The van der Waals surface area contributed by atoms with Crippen LogP contribution >= 0.6 is 0 Å². The molecular formula is C14H22N4O. The molecule has 0 saturated heterocycles. The Morgan fingerprint density at radius 2 is 2.21 bits per heavy atom. The molecule has 0 spiro atoms. The highest BCUT2D eigenvalue weighted by Gasteiger charge is 2.34. The zero-order valence-electron chi connectivity index (χ0n) is 11.9. The van der Waals surface area contributed by atoms with Gasteiger partial charge in [-0.3, -0.25) is 4.79 Å². The molecule has 0 aliphatic heterocycles. The number of aromatic nitrogens is 2. The smallest absolute Gasteiger partial charge is 0.274 e. The van der Waals surface area contributed by atoms with Crippen LogP contribution in [0.15, 0.2) is 12.1 Å². The fourth-order valence-corrected chi connectivity index (χ4v) is 2.08. The summed E-state index contributed by atoms with van der Waals surface area (Å²) in [4.78, 5) is 13.9. The molecule has 1 amide bonds. The summed E-state index contributed by atoms with van der Waals surface area (Å²) in [7, 11) is 1.83. The molecule has 2 unspecified atom stereocenters. The Bertz CT molecular complexity index is 432. The number of hydrogen-bond acceptors (Lipinski definition) is 4. The highest BCUT2D eigenvalue weighted by Crippen LogP contribution is 2.38. The van der Waals surface area contributed by atoms with Crippen molar-refractivity contribution in [1.29, 1.82) is 0 Å². The van der Waals surface area contributed by atoms with Gasteiger partial charge < -0.3 is 10.2 Å². The van der Waals surface area contributed by atoms with E-state index >= 15 is 0 Å². The quantitative estimate of drug-likeness (QED) is 0.852. The SMILES string of the molecule is CCCNc1ccc(C(=O)N(C)CC2CC2C)nn1. The van der Waals surface area contributed by atoms with Gasteiger partial charge in [0.1, 0.15) is 5.82 Å². The molecule has 1 aromatic heterocycles. The largest absolute Gasteiger partial charge is 0.369 e. The molecule has 0 bridgehead atoms. The Labute approximate surface area is 114 Å². The van der Waals surface area contributed by atoms with Gasteiger partial charge in [-0.2, -0.15) is 0 Å². The molecule has 1 aliphatic carbocycles. The molecule has 0 aromatic carbocycles. The molecule has 1 saturated carbocycles. The number of carbonyl (C=O) groups is 1. The van der Waals surface area contributed by atoms with Crippen molar-refractivity contribution in [3.05, 3.63) is 17.8 Å². The molecule has 1 aliphatic rings. The van der Waals surface area contributed by atoms with Crippen LogP contribution < -0.4 is 5.32 Å². The van der Waals surface area contributed by atoms with Crippen LogP contribution in [0.5, 0.6) is 0 Å². The summed E-state index contributed by atoms with van der Waals surface area (Å²) >= 11 is 0. The fourth-order valence-electron chi connectivity index (χ4n) is 2.08. The minimum Gasteiger partial charge on any atom is -0.369 e. The third-order valence-electron chi connectivity index (χ3n) is 3.57. The number of carbonyl (C=O) groups excluding carboxylic acids is 1. The van der Waals surface area contributed by atoms with E-state index in [4.69, 9.17) is 0 Å². The van der Waals surface area contributed by atoms with Gasteiger partial charge in [-0.25, -0.2) is 0 Å². The molecule has 0 radical (unpaired) electrons. The highest BCUT2D eigenvalue weighted by atomic mass is 16.2. The van der Waals surface area contributed by atoms with E-state index < -0.39 is 0 Å². The maximum Gasteiger partial charge on any atom is 0.274 e. The van der Waals surface area contributed by atoms with E-state index in [2.05, 4.69) is 29.4 Å². The number of amides is 1. The van der Waals surface area contributed by atoms with Crippen molar-refractivity contribution in [2.45, 2.75) is 26.7 Å². The summed E-state index contributed by atoms with van der Waals surface area (Å²) in [5.41, 5.74) is 0.415. The van der Waals surface area contributed by atoms with Crippen molar-refractivity contribution in [3.63, 3.8) is 0 Å². The van der Waals surface area contributed by atoms with Crippen molar-refractivity contribution in [2.24, 2.45) is 11.8 Å². The Kier molecular flexibility index (Phi) is 4.35. The van der Waals surface area contributed by atoms with E-state index in [1.165, 1.54) is 6.42 Å². The lowest BCUT2D eigenvalue weighted by atomic mass is 10.3. The third kappa shape index (κ3) is 3.66. The van der Waals surface area contributed by atoms with Crippen molar-refractivity contribution < 1.29 is 4.79 Å². The van der Waals surface area contributed by atoms with Gasteiger partial charge in [0.05, 0.1) is 0 Å². The summed E-state index contributed by atoms with van der Waals surface area (Å²) in [6, 6.07) is 3.55. The Morgan fingerprint density at radius 1 is 1.47 bits per heavy atom. The third-order valence-corrected chi connectivity index (χ3v) is 3.57. The summed E-state index contributed by atoms with van der Waals surface area (Å²) in [5.74, 6) is 2.08. The van der Waals surface area contributed by atoms with Crippen molar-refractivity contribution >= 4 is 11.7 Å². The lowest BCUT2D eigenvalue weighted by molar-refractivity contribution is 0.0780. The first-order valence-corrected chi connectivity index (χ1v) is 6.95. The number of hydrogen-bond donors (Lipinski definition) is 1. The molecule has 5 heteroatoms. The van der Waals surface area contributed by atoms with Crippen LogP contribution in [0.1, 0.15) is 37.2 Å². The Hall–Kier alpha value is -1.65. The zero-order chi connectivity index (χ0) is 13.8. The maximum absolute atomic E-state index is 12.1. The highest BCUT2D eigenvalue weighted by molar-refractivity contribution is 5.92. The molecule has 19 heavy (non-hydrogen) atoms. The van der Waals surface area contributed by atoms with Gasteiger partial charge >= 0.3 is 0 Å². The van der Waals surface area contributed by atoms with Crippen LogP contribution in [0.3, 0.4) is 0 Å². The van der Waals surface area contributed by atoms with E-state index in [1.807, 2.05) is 13.1 Å². The second kappa shape index (κ2) is 5.99. The van der Waals surface area contributed by atoms with Crippen molar-refractivity contribution in [2.75, 3.05) is 25.5 Å². The van der Waals surface area contributed by atoms with Gasteiger partial charge in [0.2, 0.25) is 0 Å². The second-order valence-corrected chi connectivity index (χ2v) is 5.39. The van der Waals surface area contributed by atoms with Gasteiger partial charge in [-0.1, -0.05) is 13.8 Å². The molecule has 104 valence electrons. The maximum atomic E-state index is 12.1. The van der Waals surface area contributed by atoms with Crippen LogP contribution in [0, 0.1) is 11.8 Å². The van der Waals surface area contributed by atoms with E-state index in [-0.39, 0.29) is 5.91 Å². The van der Waals surface area contributed by atoms with Gasteiger partial charge in [0, 0.05) is 20.1 Å². The number of nitrogens with one attached hydrogen (secondary N) is 1. The van der Waals surface area contributed by atoms with Crippen LogP contribution in [0.25, 0.3) is 0 Å². The van der Waals surface area contributed by atoms with Gasteiger partial charge in [0.25, 0.3) is 5.91 Å². The molecule has 2 atom stereocenters. The Balaban J connectivity index is 1.91. The first-order chi connectivity index (χ1) is 9.11. The monoisotopic (exact) mass is 262 g/mol. The van der Waals surface area contributed by atoms with E-state index in [0.29, 0.717) is 11.6 Å². The van der Waals surface area contributed by atoms with Crippen LogP contribution in [0.4, 0.5) is 5.82 Å². The molecule has 1 aromatic rings. The van der Waals surface area contributed by atoms with Crippen LogP contribution in [-0.4, -0.2) is 41.1 Å². The molecule has 1 heterocycles. The van der Waals surface area contributed by atoms with Crippen molar-refractivity contribution in [1.82, 2.24) is 15.1 Å². The zero-order valence-corrected chi connectivity index (χ0v) is 11.9. The minimum absolute atomic E-state index is 0.0476. The average Bonchev–Trinajstić information content (AvgIpc) is 3.11. The molecule has 5 nitrogen and oxygen atoms in total. The van der Waals surface area contributed by atoms with Gasteiger partial charge in [-0.05, 0) is 36.8 Å². The molecule has 1 fully saturated rings. The van der Waals surface area contributed by atoms with E-state index in [9.17, 15) is 4.79 Å². The second-order valence-electron chi connectivity index (χ2n) is 5.39. The number of anilines is 1. The fraction of sp³-hybridized carbons (Fsp3) is 0.643. The van der Waals surface area contributed by atoms with Gasteiger partial charge in [0.15, 0.2) is 5.69 Å². The topological polar surface area (TPSA) is 58.1 Å². The first kappa shape index (κ1) is 13.8. The predicted molar refractivity (Wildman–Crippen MR) is 75.0 cm³/mol. The lowest BCUT2D eigenvalue weighted by Gasteiger charge is -2.16. The van der Waals surface area contributed by atoms with Gasteiger partial charge in [-0.15, -0.1) is 10.2 Å². The van der Waals surface area contributed by atoms with Crippen LogP contribution in [-0.2, 0) is 0 Å². The minimum atomic E-state index is -0.0476.